The number of benzene rings is 2. The maximum Gasteiger partial charge on any atom is 0.494 e. The topological polar surface area (TPSA) is 92.3 Å². The van der Waals surface area contributed by atoms with Crippen LogP contribution in [0.25, 0.3) is 0 Å². The smallest absolute Gasteiger partial charge is 0.494 e. The van der Waals surface area contributed by atoms with Crippen molar-refractivity contribution in [3.05, 3.63) is 48.0 Å². The fraction of sp³-hybridized carbons (Fsp3) is 0.500. The highest BCUT2D eigenvalue weighted by atomic mass is 32.2. The van der Waals surface area contributed by atoms with Crippen molar-refractivity contribution in [1.29, 1.82) is 0 Å². The van der Waals surface area contributed by atoms with E-state index < -0.39 is 28.3 Å². The fourth-order valence-corrected chi connectivity index (χ4v) is 3.89. The van der Waals surface area contributed by atoms with Crippen LogP contribution in [0.2, 0.25) is 0 Å². The lowest BCUT2D eigenvalue weighted by molar-refractivity contribution is 0.00578. The largest absolute Gasteiger partial charge is 0.497 e. The quantitative estimate of drug-likeness (QED) is 0.381. The Morgan fingerprint density at radius 3 is 2.21 bits per heavy atom. The van der Waals surface area contributed by atoms with E-state index in [0.717, 1.165) is 17.6 Å². The van der Waals surface area contributed by atoms with Crippen molar-refractivity contribution in [2.24, 2.45) is 0 Å². The Kier molecular flexibility index (Phi) is 8.18. The molecule has 0 atom stereocenters. The molecular formula is C24H34BNO7S. The minimum absolute atomic E-state index is 0.342. The molecule has 0 spiro atoms. The highest BCUT2D eigenvalue weighted by Gasteiger charge is 2.51. The molecule has 0 aliphatic carbocycles. The van der Waals surface area contributed by atoms with Gasteiger partial charge in [-0.2, -0.15) is 0 Å². The predicted octanol–water partition coefficient (Wildman–Crippen LogP) is 3.35. The van der Waals surface area contributed by atoms with Crippen LogP contribution in [-0.4, -0.2) is 53.3 Å². The van der Waals surface area contributed by atoms with Crippen LogP contribution in [-0.2, 0) is 30.7 Å². The first kappa shape index (κ1) is 26.3. The van der Waals surface area contributed by atoms with Gasteiger partial charge in [0.05, 0.1) is 50.1 Å². The summed E-state index contributed by atoms with van der Waals surface area (Å²) in [7, 11) is -2.48. The molecule has 1 fully saturated rings. The van der Waals surface area contributed by atoms with Crippen LogP contribution < -0.4 is 19.7 Å². The number of sulfonamides is 1. The Hall–Kier alpha value is -2.27. The molecule has 10 heteroatoms. The van der Waals surface area contributed by atoms with Crippen LogP contribution in [0.4, 0.5) is 5.69 Å². The van der Waals surface area contributed by atoms with E-state index in [0.29, 0.717) is 43.1 Å². The highest BCUT2D eigenvalue weighted by Crippen LogP contribution is 2.37. The maximum atomic E-state index is 11.9. The molecule has 1 aliphatic heterocycles. The van der Waals surface area contributed by atoms with E-state index >= 15 is 0 Å². The van der Waals surface area contributed by atoms with Crippen LogP contribution in [0.1, 0.15) is 39.7 Å². The van der Waals surface area contributed by atoms with Gasteiger partial charge in [-0.1, -0.05) is 18.2 Å². The summed E-state index contributed by atoms with van der Waals surface area (Å²) in [5, 5.41) is 0. The summed E-state index contributed by atoms with van der Waals surface area (Å²) in [5.41, 5.74) is 1.11. The van der Waals surface area contributed by atoms with Gasteiger partial charge in [0.1, 0.15) is 11.5 Å². The van der Waals surface area contributed by atoms with Crippen LogP contribution >= 0.6 is 0 Å². The van der Waals surface area contributed by atoms with Gasteiger partial charge >= 0.3 is 7.12 Å². The third-order valence-electron chi connectivity index (χ3n) is 5.94. The Morgan fingerprint density at radius 2 is 1.62 bits per heavy atom. The molecule has 1 N–H and O–H groups in total. The zero-order chi connectivity index (χ0) is 25.0. The highest BCUT2D eigenvalue weighted by molar-refractivity contribution is 7.92. The van der Waals surface area contributed by atoms with E-state index in [9.17, 15) is 8.42 Å². The Labute approximate surface area is 203 Å². The van der Waals surface area contributed by atoms with Gasteiger partial charge in [-0.25, -0.2) is 8.42 Å². The number of nitrogens with one attached hydrogen (secondary N) is 1. The van der Waals surface area contributed by atoms with Crippen LogP contribution in [0.15, 0.2) is 42.5 Å². The number of ether oxygens (including phenoxy) is 3. The van der Waals surface area contributed by atoms with E-state index in [1.807, 2.05) is 58.0 Å². The first-order valence-electron chi connectivity index (χ1n) is 11.2. The molecule has 0 amide bonds. The predicted molar refractivity (Wildman–Crippen MR) is 133 cm³/mol. The maximum absolute atomic E-state index is 11.9. The van der Waals surface area contributed by atoms with Gasteiger partial charge in [-0.05, 0) is 63.0 Å². The fourth-order valence-electron chi connectivity index (χ4n) is 3.33. The molecule has 186 valence electrons. The minimum Gasteiger partial charge on any atom is -0.497 e. The molecule has 1 saturated heterocycles. The number of methoxy groups -OCH3 is 1. The van der Waals surface area contributed by atoms with Crippen molar-refractivity contribution in [2.75, 3.05) is 31.3 Å². The lowest BCUT2D eigenvalue weighted by atomic mass is 9.79. The number of hydrogen-bond acceptors (Lipinski definition) is 7. The number of anilines is 1. The van der Waals surface area contributed by atoms with Gasteiger partial charge in [-0.15, -0.1) is 0 Å². The lowest BCUT2D eigenvalue weighted by Gasteiger charge is -2.32. The van der Waals surface area contributed by atoms with Crippen LogP contribution in [0.5, 0.6) is 11.5 Å². The average molecular weight is 491 g/mol. The summed E-state index contributed by atoms with van der Waals surface area (Å²) in [6.45, 7) is 9.25. The third-order valence-corrected chi connectivity index (χ3v) is 6.53. The van der Waals surface area contributed by atoms with Gasteiger partial charge in [0.2, 0.25) is 10.0 Å². The second kappa shape index (κ2) is 10.6. The van der Waals surface area contributed by atoms with Crippen molar-refractivity contribution in [3.8, 4) is 11.5 Å². The molecule has 0 unspecified atom stereocenters. The first-order chi connectivity index (χ1) is 15.9. The van der Waals surface area contributed by atoms with Crippen molar-refractivity contribution < 1.29 is 31.9 Å². The SMILES string of the molecule is COc1ccc(COCCCOc2ccc(B3OC(C)(C)C(C)(C)O3)cc2NS(C)(=O)=O)cc1. The zero-order valence-corrected chi connectivity index (χ0v) is 21.5. The Bertz CT molecular complexity index is 1060. The second-order valence-corrected chi connectivity index (χ2v) is 11.1. The van der Waals surface area contributed by atoms with Gasteiger partial charge in [0, 0.05) is 6.42 Å². The first-order valence-corrected chi connectivity index (χ1v) is 13.1. The molecule has 0 saturated carbocycles. The molecule has 2 aromatic carbocycles. The van der Waals surface area contributed by atoms with Gasteiger partial charge in [-0.3, -0.25) is 4.72 Å². The van der Waals surface area contributed by atoms with Crippen LogP contribution in [0.3, 0.4) is 0 Å². The summed E-state index contributed by atoms with van der Waals surface area (Å²) in [4.78, 5) is 0. The monoisotopic (exact) mass is 491 g/mol. The summed E-state index contributed by atoms with van der Waals surface area (Å²) in [5.74, 6) is 1.24. The third kappa shape index (κ3) is 6.88. The van der Waals surface area contributed by atoms with E-state index in [2.05, 4.69) is 4.72 Å². The zero-order valence-electron chi connectivity index (χ0n) is 20.7. The number of rotatable bonds is 11. The van der Waals surface area contributed by atoms with E-state index in [-0.39, 0.29) is 0 Å². The molecule has 34 heavy (non-hydrogen) atoms. The summed E-state index contributed by atoms with van der Waals surface area (Å²) in [6, 6.07) is 13.0. The molecule has 8 nitrogen and oxygen atoms in total. The Morgan fingerprint density at radius 1 is 0.971 bits per heavy atom. The molecule has 1 heterocycles. The standard InChI is InChI=1S/C24H34BNO7S/c1-23(2)24(3,4)33-25(32-23)19-10-13-22(21(16-19)26-34(6,27)28)31-15-7-14-30-17-18-8-11-20(29-5)12-9-18/h8-13,16,26H,7,14-15,17H2,1-6H3. The van der Waals surface area contributed by atoms with E-state index in [4.69, 9.17) is 23.5 Å². The molecule has 3 rings (SSSR count). The van der Waals surface area contributed by atoms with Crippen molar-refractivity contribution in [1.82, 2.24) is 0 Å². The molecule has 0 aromatic heterocycles. The average Bonchev–Trinajstić information content (AvgIpc) is 2.97. The lowest BCUT2D eigenvalue weighted by Crippen LogP contribution is -2.41. The van der Waals surface area contributed by atoms with Crippen molar-refractivity contribution >= 4 is 28.3 Å². The van der Waals surface area contributed by atoms with E-state index in [1.54, 1.807) is 19.2 Å². The van der Waals surface area contributed by atoms with Crippen molar-refractivity contribution in [2.45, 2.75) is 51.9 Å². The molecule has 1 aliphatic rings. The molecule has 2 aromatic rings. The van der Waals surface area contributed by atoms with Crippen LogP contribution in [0, 0.1) is 0 Å². The minimum atomic E-state index is -3.51. The Balaban J connectivity index is 1.57. The molecule has 0 bridgehead atoms. The van der Waals surface area contributed by atoms with Gasteiger partial charge < -0.3 is 23.5 Å². The normalized spacial score (nSPS) is 16.9. The molecule has 0 radical (unpaired) electrons. The number of hydrogen-bond donors (Lipinski definition) is 1. The summed E-state index contributed by atoms with van der Waals surface area (Å²) < 4.78 is 55.3. The van der Waals surface area contributed by atoms with Gasteiger partial charge in [0.25, 0.3) is 0 Å². The summed E-state index contributed by atoms with van der Waals surface area (Å²) in [6.07, 6.45) is 1.75. The summed E-state index contributed by atoms with van der Waals surface area (Å²) >= 11 is 0. The van der Waals surface area contributed by atoms with Crippen molar-refractivity contribution in [3.63, 3.8) is 0 Å². The van der Waals surface area contributed by atoms with Gasteiger partial charge in [0.15, 0.2) is 0 Å². The molecular weight excluding hydrogens is 457 g/mol. The van der Waals surface area contributed by atoms with E-state index in [1.165, 1.54) is 0 Å². The second-order valence-electron chi connectivity index (χ2n) is 9.32.